The minimum atomic E-state index is -0.420. The van der Waals surface area contributed by atoms with Crippen LogP contribution < -0.4 is 9.47 Å². The van der Waals surface area contributed by atoms with Crippen LogP contribution in [0.5, 0.6) is 11.5 Å². The summed E-state index contributed by atoms with van der Waals surface area (Å²) in [6, 6.07) is 5.33. The third-order valence-electron chi connectivity index (χ3n) is 1.81. The van der Waals surface area contributed by atoms with Crippen molar-refractivity contribution in [3.05, 3.63) is 23.8 Å². The Bertz CT molecular complexity index is 336. The van der Waals surface area contributed by atoms with Gasteiger partial charge in [-0.05, 0) is 17.7 Å². The van der Waals surface area contributed by atoms with Crippen LogP contribution in [0.2, 0.25) is 0 Å². The molecule has 0 atom stereocenters. The lowest BCUT2D eigenvalue weighted by Crippen LogP contribution is -1.99. The zero-order chi connectivity index (χ0) is 10.6. The van der Waals surface area contributed by atoms with Gasteiger partial charge in [-0.25, -0.2) is 0 Å². The standard InChI is InChI=1S/C10H11ClO3/c1-13-8-5-3-4-7(6-9(11)12)10(8)14-2/h3-5H,6H2,1-2H3. The second-order valence-electron chi connectivity index (χ2n) is 2.68. The number of halogens is 1. The van der Waals surface area contributed by atoms with E-state index in [2.05, 4.69) is 0 Å². The normalized spacial score (nSPS) is 9.64. The van der Waals surface area contributed by atoms with Crippen LogP contribution in [0.1, 0.15) is 5.56 Å². The van der Waals surface area contributed by atoms with E-state index in [1.165, 1.54) is 7.11 Å². The van der Waals surface area contributed by atoms with Gasteiger partial charge in [-0.1, -0.05) is 12.1 Å². The molecule has 0 saturated heterocycles. The topological polar surface area (TPSA) is 35.5 Å². The van der Waals surface area contributed by atoms with Gasteiger partial charge >= 0.3 is 0 Å². The predicted molar refractivity (Wildman–Crippen MR) is 54.1 cm³/mol. The van der Waals surface area contributed by atoms with Crippen molar-refractivity contribution in [2.24, 2.45) is 0 Å². The maximum atomic E-state index is 10.7. The molecule has 0 spiro atoms. The van der Waals surface area contributed by atoms with E-state index in [0.717, 1.165) is 5.56 Å². The van der Waals surface area contributed by atoms with Gasteiger partial charge in [0.15, 0.2) is 11.5 Å². The van der Waals surface area contributed by atoms with Crippen molar-refractivity contribution in [3.63, 3.8) is 0 Å². The lowest BCUT2D eigenvalue weighted by Gasteiger charge is -2.10. The molecule has 0 aliphatic rings. The number of hydrogen-bond donors (Lipinski definition) is 0. The summed E-state index contributed by atoms with van der Waals surface area (Å²) in [5, 5.41) is -0.420. The van der Waals surface area contributed by atoms with Crippen LogP contribution in [-0.4, -0.2) is 19.5 Å². The number of ether oxygens (including phenoxy) is 2. The van der Waals surface area contributed by atoms with Gasteiger partial charge in [0.2, 0.25) is 5.24 Å². The van der Waals surface area contributed by atoms with Gasteiger partial charge in [0.25, 0.3) is 0 Å². The van der Waals surface area contributed by atoms with E-state index in [1.807, 2.05) is 0 Å². The number of rotatable bonds is 4. The Morgan fingerprint density at radius 1 is 1.36 bits per heavy atom. The molecule has 1 aromatic rings. The summed E-state index contributed by atoms with van der Waals surface area (Å²) < 4.78 is 10.2. The van der Waals surface area contributed by atoms with Gasteiger partial charge in [-0.2, -0.15) is 0 Å². The Balaban J connectivity index is 3.08. The third kappa shape index (κ3) is 2.39. The van der Waals surface area contributed by atoms with E-state index in [9.17, 15) is 4.79 Å². The van der Waals surface area contributed by atoms with Gasteiger partial charge in [0, 0.05) is 5.56 Å². The molecule has 4 heteroatoms. The Hall–Kier alpha value is -1.22. The Kier molecular flexibility index (Phi) is 3.77. The summed E-state index contributed by atoms with van der Waals surface area (Å²) >= 11 is 5.30. The number of para-hydroxylation sites is 1. The van der Waals surface area contributed by atoms with Crippen LogP contribution in [0.25, 0.3) is 0 Å². The van der Waals surface area contributed by atoms with Crippen LogP contribution in [0, 0.1) is 0 Å². The Labute approximate surface area is 87.6 Å². The fourth-order valence-corrected chi connectivity index (χ4v) is 1.39. The molecule has 0 unspecified atom stereocenters. The Morgan fingerprint density at radius 3 is 2.57 bits per heavy atom. The molecule has 0 fully saturated rings. The molecule has 76 valence electrons. The highest BCUT2D eigenvalue weighted by atomic mass is 35.5. The molecule has 14 heavy (non-hydrogen) atoms. The highest BCUT2D eigenvalue weighted by molar-refractivity contribution is 6.63. The van der Waals surface area contributed by atoms with Crippen LogP contribution >= 0.6 is 11.6 Å². The van der Waals surface area contributed by atoms with Crippen LogP contribution in [-0.2, 0) is 11.2 Å². The van der Waals surface area contributed by atoms with Gasteiger partial charge in [0.1, 0.15) is 0 Å². The van der Waals surface area contributed by atoms with E-state index in [4.69, 9.17) is 21.1 Å². The van der Waals surface area contributed by atoms with Crippen molar-refractivity contribution >= 4 is 16.8 Å². The first-order valence-electron chi connectivity index (χ1n) is 4.07. The van der Waals surface area contributed by atoms with Crippen LogP contribution in [0.4, 0.5) is 0 Å². The molecule has 3 nitrogen and oxygen atoms in total. The maximum Gasteiger partial charge on any atom is 0.226 e. The molecule has 0 aliphatic heterocycles. The molecule has 0 saturated carbocycles. The summed E-state index contributed by atoms with van der Waals surface area (Å²) in [6.45, 7) is 0. The Morgan fingerprint density at radius 2 is 2.07 bits per heavy atom. The summed E-state index contributed by atoms with van der Waals surface area (Å²) in [6.07, 6.45) is 0.141. The number of carbonyl (C=O) groups is 1. The highest BCUT2D eigenvalue weighted by Gasteiger charge is 2.11. The molecule has 0 aliphatic carbocycles. The molecular weight excluding hydrogens is 204 g/mol. The monoisotopic (exact) mass is 214 g/mol. The smallest absolute Gasteiger partial charge is 0.226 e. The molecule has 0 aromatic heterocycles. The average Bonchev–Trinajstić information content (AvgIpc) is 2.16. The van der Waals surface area contributed by atoms with Crippen molar-refractivity contribution in [2.75, 3.05) is 14.2 Å². The highest BCUT2D eigenvalue weighted by Crippen LogP contribution is 2.31. The molecule has 0 N–H and O–H groups in total. The maximum absolute atomic E-state index is 10.7. The fraction of sp³-hybridized carbons (Fsp3) is 0.300. The second-order valence-corrected chi connectivity index (χ2v) is 3.11. The van der Waals surface area contributed by atoms with Crippen molar-refractivity contribution < 1.29 is 14.3 Å². The SMILES string of the molecule is COc1cccc(CC(=O)Cl)c1OC. The third-order valence-corrected chi connectivity index (χ3v) is 1.95. The average molecular weight is 215 g/mol. The van der Waals surface area contributed by atoms with Crippen molar-refractivity contribution in [3.8, 4) is 11.5 Å². The predicted octanol–water partition coefficient (Wildman–Crippen LogP) is 2.01. The van der Waals surface area contributed by atoms with Crippen LogP contribution in [0.15, 0.2) is 18.2 Å². The number of carbonyl (C=O) groups excluding carboxylic acids is 1. The fourth-order valence-electron chi connectivity index (χ4n) is 1.24. The number of hydrogen-bond acceptors (Lipinski definition) is 3. The molecule has 0 radical (unpaired) electrons. The van der Waals surface area contributed by atoms with E-state index in [0.29, 0.717) is 11.5 Å². The summed E-state index contributed by atoms with van der Waals surface area (Å²) in [5.74, 6) is 1.16. The lowest BCUT2D eigenvalue weighted by molar-refractivity contribution is -0.111. The van der Waals surface area contributed by atoms with Crippen LogP contribution in [0.3, 0.4) is 0 Å². The summed E-state index contributed by atoms with van der Waals surface area (Å²) in [5.41, 5.74) is 0.729. The van der Waals surface area contributed by atoms with Crippen molar-refractivity contribution in [2.45, 2.75) is 6.42 Å². The zero-order valence-electron chi connectivity index (χ0n) is 8.04. The van der Waals surface area contributed by atoms with E-state index < -0.39 is 5.24 Å². The lowest BCUT2D eigenvalue weighted by atomic mass is 10.1. The quantitative estimate of drug-likeness (QED) is 0.720. The zero-order valence-corrected chi connectivity index (χ0v) is 8.80. The molecular formula is C10H11ClO3. The van der Waals surface area contributed by atoms with Crippen molar-refractivity contribution in [1.29, 1.82) is 0 Å². The van der Waals surface area contributed by atoms with E-state index in [-0.39, 0.29) is 6.42 Å². The number of methoxy groups -OCH3 is 2. The molecule has 0 amide bonds. The molecule has 0 heterocycles. The second kappa shape index (κ2) is 4.86. The molecule has 1 rings (SSSR count). The van der Waals surface area contributed by atoms with Gasteiger partial charge in [-0.15, -0.1) is 0 Å². The first kappa shape index (κ1) is 10.9. The minimum Gasteiger partial charge on any atom is -0.493 e. The largest absolute Gasteiger partial charge is 0.493 e. The van der Waals surface area contributed by atoms with E-state index in [1.54, 1.807) is 25.3 Å². The molecule has 1 aromatic carbocycles. The van der Waals surface area contributed by atoms with Gasteiger partial charge in [0.05, 0.1) is 20.6 Å². The molecule has 0 bridgehead atoms. The van der Waals surface area contributed by atoms with Crippen molar-refractivity contribution in [1.82, 2.24) is 0 Å². The minimum absolute atomic E-state index is 0.141. The number of benzene rings is 1. The van der Waals surface area contributed by atoms with Gasteiger partial charge < -0.3 is 9.47 Å². The van der Waals surface area contributed by atoms with E-state index >= 15 is 0 Å². The summed E-state index contributed by atoms with van der Waals surface area (Å²) in [4.78, 5) is 10.7. The summed E-state index contributed by atoms with van der Waals surface area (Å²) in [7, 11) is 3.07. The first-order chi connectivity index (χ1) is 6.69. The van der Waals surface area contributed by atoms with Gasteiger partial charge in [-0.3, -0.25) is 4.79 Å². The first-order valence-corrected chi connectivity index (χ1v) is 4.45.